The lowest BCUT2D eigenvalue weighted by Crippen LogP contribution is -2.12. The van der Waals surface area contributed by atoms with Crippen LogP contribution >= 0.6 is 0 Å². The number of rotatable bonds is 4. The normalized spacial score (nSPS) is 14.2. The zero-order valence-corrected chi connectivity index (χ0v) is 8.33. The molecule has 0 radical (unpaired) electrons. The highest BCUT2D eigenvalue weighted by Crippen LogP contribution is 2.20. The number of hydrogen-bond donors (Lipinski definition) is 1. The van der Waals surface area contributed by atoms with Crippen molar-refractivity contribution >= 4 is 0 Å². The summed E-state index contributed by atoms with van der Waals surface area (Å²) in [5.41, 5.74) is 6.18. The van der Waals surface area contributed by atoms with E-state index in [2.05, 4.69) is 10.3 Å². The Kier molecular flexibility index (Phi) is 3.67. The lowest BCUT2D eigenvalue weighted by Gasteiger charge is -2.05. The quantitative estimate of drug-likeness (QED) is 0.842. The Bertz CT molecular complexity index is 307. The lowest BCUT2D eigenvalue weighted by atomic mass is 10.2. The maximum atomic E-state index is 11.9. The summed E-state index contributed by atoms with van der Waals surface area (Å²) in [5, 5.41) is 7.28. The average molecular weight is 222 g/mol. The molecular weight excluding hydrogens is 209 g/mol. The van der Waals surface area contributed by atoms with Crippen LogP contribution in [0.25, 0.3) is 0 Å². The maximum Gasteiger partial charge on any atom is 0.390 e. The van der Waals surface area contributed by atoms with E-state index in [-0.39, 0.29) is 12.6 Å². The number of hydrogen-bond acceptors (Lipinski definition) is 3. The summed E-state index contributed by atoms with van der Waals surface area (Å²) in [7, 11) is 0. The molecule has 0 saturated carbocycles. The van der Waals surface area contributed by atoms with Crippen molar-refractivity contribution in [3.05, 3.63) is 11.9 Å². The Morgan fingerprint density at radius 3 is 2.73 bits per heavy atom. The van der Waals surface area contributed by atoms with Crippen LogP contribution in [0, 0.1) is 0 Å². The summed E-state index contributed by atoms with van der Waals surface area (Å²) >= 11 is 0. The van der Waals surface area contributed by atoms with Gasteiger partial charge in [0.25, 0.3) is 0 Å². The predicted molar refractivity (Wildman–Crippen MR) is 47.9 cm³/mol. The summed E-state index contributed by atoms with van der Waals surface area (Å²) in [6.07, 6.45) is -2.94. The molecule has 2 N–H and O–H groups in total. The first-order chi connectivity index (χ1) is 6.92. The van der Waals surface area contributed by atoms with Gasteiger partial charge in [0.15, 0.2) is 0 Å². The van der Waals surface area contributed by atoms with Crippen LogP contribution in [0.2, 0.25) is 0 Å². The second-order valence-corrected chi connectivity index (χ2v) is 3.29. The molecule has 7 heteroatoms. The molecule has 0 aliphatic rings. The number of aromatic nitrogens is 3. The SMILES string of the molecule is CCC(N)c1cn(CCC(F)(F)F)nn1. The van der Waals surface area contributed by atoms with Crippen molar-refractivity contribution in [3.8, 4) is 0 Å². The van der Waals surface area contributed by atoms with Gasteiger partial charge >= 0.3 is 6.18 Å². The third-order valence-electron chi connectivity index (χ3n) is 2.00. The molecule has 0 amide bonds. The Labute approximate surface area is 85.3 Å². The largest absolute Gasteiger partial charge is 0.390 e. The molecule has 4 nitrogen and oxygen atoms in total. The fourth-order valence-electron chi connectivity index (χ4n) is 1.04. The molecule has 1 heterocycles. The fraction of sp³-hybridized carbons (Fsp3) is 0.750. The number of alkyl halides is 3. The molecule has 0 bridgehead atoms. The third-order valence-corrected chi connectivity index (χ3v) is 2.00. The van der Waals surface area contributed by atoms with Gasteiger partial charge in [0.1, 0.15) is 0 Å². The number of aryl methyl sites for hydroxylation is 1. The molecule has 0 fully saturated rings. The van der Waals surface area contributed by atoms with Crippen molar-refractivity contribution in [1.29, 1.82) is 0 Å². The molecule has 0 spiro atoms. The molecule has 86 valence electrons. The van der Waals surface area contributed by atoms with E-state index in [1.54, 1.807) is 0 Å². The van der Waals surface area contributed by atoms with E-state index >= 15 is 0 Å². The lowest BCUT2D eigenvalue weighted by molar-refractivity contribution is -0.137. The first-order valence-electron chi connectivity index (χ1n) is 4.64. The van der Waals surface area contributed by atoms with Crippen molar-refractivity contribution < 1.29 is 13.2 Å². The van der Waals surface area contributed by atoms with Crippen molar-refractivity contribution in [2.45, 2.75) is 38.5 Å². The van der Waals surface area contributed by atoms with Crippen LogP contribution in [0.5, 0.6) is 0 Å². The van der Waals surface area contributed by atoms with Crippen LogP contribution in [0.15, 0.2) is 6.20 Å². The number of nitrogens with two attached hydrogens (primary N) is 1. The predicted octanol–water partition coefficient (Wildman–Crippen LogP) is 1.64. The van der Waals surface area contributed by atoms with Crippen LogP contribution in [0.3, 0.4) is 0 Å². The van der Waals surface area contributed by atoms with E-state index in [4.69, 9.17) is 5.73 Å². The van der Waals surface area contributed by atoms with Gasteiger partial charge in [-0.2, -0.15) is 13.2 Å². The summed E-state index contributed by atoms with van der Waals surface area (Å²) in [4.78, 5) is 0. The molecule has 1 aromatic heterocycles. The zero-order chi connectivity index (χ0) is 11.5. The highest BCUT2D eigenvalue weighted by molar-refractivity contribution is 4.98. The number of nitrogens with zero attached hydrogens (tertiary/aromatic N) is 3. The van der Waals surface area contributed by atoms with E-state index in [0.29, 0.717) is 12.1 Å². The Hall–Kier alpha value is -1.11. The standard InChI is InChI=1S/C8H13F3N4/c1-2-6(12)7-5-15(14-13-7)4-3-8(9,10)11/h5-6H,2-4,12H2,1H3. The van der Waals surface area contributed by atoms with Gasteiger partial charge in [-0.15, -0.1) is 5.10 Å². The molecule has 0 aliphatic carbocycles. The second kappa shape index (κ2) is 4.61. The van der Waals surface area contributed by atoms with E-state index in [0.717, 1.165) is 0 Å². The molecule has 0 aromatic carbocycles. The van der Waals surface area contributed by atoms with Crippen LogP contribution in [0.4, 0.5) is 13.2 Å². The third kappa shape index (κ3) is 3.86. The van der Waals surface area contributed by atoms with Gasteiger partial charge < -0.3 is 5.73 Å². The van der Waals surface area contributed by atoms with Crippen LogP contribution in [0.1, 0.15) is 31.5 Å². The van der Waals surface area contributed by atoms with Gasteiger partial charge in [0.05, 0.1) is 30.9 Å². The van der Waals surface area contributed by atoms with Gasteiger partial charge in [-0.05, 0) is 6.42 Å². The fourth-order valence-corrected chi connectivity index (χ4v) is 1.04. The van der Waals surface area contributed by atoms with Crippen LogP contribution < -0.4 is 5.73 Å². The summed E-state index contributed by atoms with van der Waals surface area (Å²) in [6, 6.07) is -0.260. The van der Waals surface area contributed by atoms with Gasteiger partial charge in [-0.3, -0.25) is 4.68 Å². The monoisotopic (exact) mass is 222 g/mol. The minimum absolute atomic E-state index is 0.215. The minimum Gasteiger partial charge on any atom is -0.323 e. The van der Waals surface area contributed by atoms with Gasteiger partial charge in [-0.1, -0.05) is 12.1 Å². The highest BCUT2D eigenvalue weighted by atomic mass is 19.4. The molecule has 1 aromatic rings. The van der Waals surface area contributed by atoms with Crippen molar-refractivity contribution in [2.24, 2.45) is 5.73 Å². The summed E-state index contributed by atoms with van der Waals surface area (Å²) < 4.78 is 36.8. The van der Waals surface area contributed by atoms with Crippen molar-refractivity contribution in [3.63, 3.8) is 0 Å². The van der Waals surface area contributed by atoms with Gasteiger partial charge in [0.2, 0.25) is 0 Å². The smallest absolute Gasteiger partial charge is 0.323 e. The maximum absolute atomic E-state index is 11.9. The van der Waals surface area contributed by atoms with Crippen LogP contribution in [-0.4, -0.2) is 21.2 Å². The first-order valence-corrected chi connectivity index (χ1v) is 4.64. The van der Waals surface area contributed by atoms with Crippen molar-refractivity contribution in [1.82, 2.24) is 15.0 Å². The molecule has 0 aliphatic heterocycles. The van der Waals surface area contributed by atoms with Gasteiger partial charge in [0, 0.05) is 0 Å². The Balaban J connectivity index is 2.53. The molecule has 1 rings (SSSR count). The summed E-state index contributed by atoms with van der Waals surface area (Å²) in [6.45, 7) is 1.66. The first kappa shape index (κ1) is 12.0. The Morgan fingerprint density at radius 1 is 1.53 bits per heavy atom. The molecule has 15 heavy (non-hydrogen) atoms. The minimum atomic E-state index is -4.17. The van der Waals surface area contributed by atoms with Crippen molar-refractivity contribution in [2.75, 3.05) is 0 Å². The Morgan fingerprint density at radius 2 is 2.20 bits per heavy atom. The number of halogens is 3. The molecule has 1 unspecified atom stereocenters. The van der Waals surface area contributed by atoms with E-state index in [1.807, 2.05) is 6.92 Å². The second-order valence-electron chi connectivity index (χ2n) is 3.29. The van der Waals surface area contributed by atoms with Gasteiger partial charge in [-0.25, -0.2) is 0 Å². The van der Waals surface area contributed by atoms with E-state index < -0.39 is 12.6 Å². The topological polar surface area (TPSA) is 56.7 Å². The summed E-state index contributed by atoms with van der Waals surface area (Å²) in [5.74, 6) is 0. The zero-order valence-electron chi connectivity index (χ0n) is 8.33. The highest BCUT2D eigenvalue weighted by Gasteiger charge is 2.26. The molecule has 1 atom stereocenters. The van der Waals surface area contributed by atoms with Crippen LogP contribution in [-0.2, 0) is 6.54 Å². The van der Waals surface area contributed by atoms with E-state index in [1.165, 1.54) is 10.9 Å². The average Bonchev–Trinajstić information content (AvgIpc) is 2.61. The molecular formula is C8H13F3N4. The molecule has 0 saturated heterocycles. The van der Waals surface area contributed by atoms with E-state index in [9.17, 15) is 13.2 Å².